The maximum atomic E-state index is 5.29. The van der Waals surface area contributed by atoms with Crippen molar-refractivity contribution < 1.29 is 9.26 Å². The van der Waals surface area contributed by atoms with Gasteiger partial charge in [0.25, 0.3) is 11.6 Å². The molecule has 5 heteroatoms. The van der Waals surface area contributed by atoms with Crippen molar-refractivity contribution >= 4 is 11.1 Å². The van der Waals surface area contributed by atoms with Gasteiger partial charge in [-0.2, -0.15) is 0 Å². The molecule has 0 atom stereocenters. The van der Waals surface area contributed by atoms with Crippen molar-refractivity contribution in [3.05, 3.63) is 18.3 Å². The molecule has 0 saturated heterocycles. The van der Waals surface area contributed by atoms with Crippen molar-refractivity contribution in [1.82, 2.24) is 10.1 Å². The first-order chi connectivity index (χ1) is 6.42. The lowest BCUT2D eigenvalue weighted by Crippen LogP contribution is -2.10. The molecule has 0 spiro atoms. The fourth-order valence-electron chi connectivity index (χ4n) is 1.02. The van der Waals surface area contributed by atoms with Crippen LogP contribution in [0.2, 0.25) is 0 Å². The predicted octanol–water partition coefficient (Wildman–Crippen LogP) is 0.560. The molecule has 0 radical (unpaired) electrons. The minimum atomic E-state index is 0.427. The third kappa shape index (κ3) is 1.46. The highest BCUT2D eigenvalue weighted by atomic mass is 16.5. The van der Waals surface area contributed by atoms with E-state index in [-0.39, 0.29) is 0 Å². The van der Waals surface area contributed by atoms with Crippen LogP contribution in [0.1, 0.15) is 0 Å². The van der Waals surface area contributed by atoms with Crippen molar-refractivity contribution in [3.8, 4) is 5.88 Å². The SMILES string of the molecule is NCCOc1noc2ncccc12. The molecule has 0 amide bonds. The minimum absolute atomic E-state index is 0.427. The first kappa shape index (κ1) is 8.00. The minimum Gasteiger partial charge on any atom is -0.474 e. The Morgan fingerprint density at radius 2 is 2.46 bits per heavy atom. The molecule has 13 heavy (non-hydrogen) atoms. The maximum Gasteiger partial charge on any atom is 0.263 e. The van der Waals surface area contributed by atoms with E-state index in [9.17, 15) is 0 Å². The molecule has 2 aromatic heterocycles. The molecule has 0 unspecified atom stereocenters. The Morgan fingerprint density at radius 3 is 3.31 bits per heavy atom. The molecule has 2 rings (SSSR count). The lowest BCUT2D eigenvalue weighted by atomic mass is 10.3. The van der Waals surface area contributed by atoms with Crippen LogP contribution < -0.4 is 10.5 Å². The number of aromatic nitrogens is 2. The van der Waals surface area contributed by atoms with Crippen LogP contribution in [-0.4, -0.2) is 23.3 Å². The van der Waals surface area contributed by atoms with Gasteiger partial charge in [-0.1, -0.05) is 0 Å². The van der Waals surface area contributed by atoms with Gasteiger partial charge in [0.05, 0.1) is 0 Å². The van der Waals surface area contributed by atoms with Gasteiger partial charge in [0, 0.05) is 12.7 Å². The van der Waals surface area contributed by atoms with Crippen LogP contribution in [0.15, 0.2) is 22.9 Å². The number of nitrogens with two attached hydrogens (primary N) is 1. The molecule has 68 valence electrons. The van der Waals surface area contributed by atoms with Gasteiger partial charge in [-0.15, -0.1) is 0 Å². The summed E-state index contributed by atoms with van der Waals surface area (Å²) in [5.74, 6) is 0.452. The van der Waals surface area contributed by atoms with Crippen molar-refractivity contribution in [3.63, 3.8) is 0 Å². The Balaban J connectivity index is 2.35. The first-order valence-electron chi connectivity index (χ1n) is 3.95. The van der Waals surface area contributed by atoms with Crippen LogP contribution in [-0.2, 0) is 0 Å². The predicted molar refractivity (Wildman–Crippen MR) is 46.4 cm³/mol. The van der Waals surface area contributed by atoms with Gasteiger partial charge in [0.15, 0.2) is 0 Å². The van der Waals surface area contributed by atoms with E-state index in [1.807, 2.05) is 6.07 Å². The molecule has 0 saturated carbocycles. The van der Waals surface area contributed by atoms with Crippen LogP contribution in [0.5, 0.6) is 5.88 Å². The van der Waals surface area contributed by atoms with Gasteiger partial charge >= 0.3 is 0 Å². The Kier molecular flexibility index (Phi) is 2.09. The number of rotatable bonds is 3. The molecule has 2 aromatic rings. The third-order valence-electron chi connectivity index (χ3n) is 1.57. The molecule has 0 aliphatic carbocycles. The standard InChI is InChI=1S/C8H9N3O2/c9-3-5-12-8-6-2-1-4-10-7(6)13-11-8/h1-2,4H,3,5,9H2. The zero-order valence-corrected chi connectivity index (χ0v) is 6.93. The van der Waals surface area contributed by atoms with E-state index in [1.54, 1.807) is 12.3 Å². The number of pyridine rings is 1. The second-order valence-electron chi connectivity index (χ2n) is 2.48. The maximum absolute atomic E-state index is 5.29. The molecular weight excluding hydrogens is 170 g/mol. The Bertz CT molecular complexity index is 399. The zero-order valence-electron chi connectivity index (χ0n) is 6.93. The topological polar surface area (TPSA) is 74.2 Å². The van der Waals surface area contributed by atoms with Crippen LogP contribution >= 0.6 is 0 Å². The number of ether oxygens (including phenoxy) is 1. The monoisotopic (exact) mass is 179 g/mol. The van der Waals surface area contributed by atoms with Crippen LogP contribution in [0.3, 0.4) is 0 Å². The molecule has 0 bridgehead atoms. The van der Waals surface area contributed by atoms with Gasteiger partial charge < -0.3 is 15.0 Å². The molecular formula is C8H9N3O2. The van der Waals surface area contributed by atoms with Gasteiger partial charge in [0.1, 0.15) is 12.0 Å². The van der Waals surface area contributed by atoms with Gasteiger partial charge in [-0.05, 0) is 17.3 Å². The fraction of sp³-hybridized carbons (Fsp3) is 0.250. The second-order valence-corrected chi connectivity index (χ2v) is 2.48. The summed E-state index contributed by atoms with van der Waals surface area (Å²) in [6.07, 6.45) is 1.64. The van der Waals surface area contributed by atoms with Crippen molar-refractivity contribution in [2.75, 3.05) is 13.2 Å². The summed E-state index contributed by atoms with van der Waals surface area (Å²) in [7, 11) is 0. The molecule has 2 N–H and O–H groups in total. The van der Waals surface area contributed by atoms with Gasteiger partial charge in [0.2, 0.25) is 0 Å². The lowest BCUT2D eigenvalue weighted by Gasteiger charge is -1.97. The highest BCUT2D eigenvalue weighted by Crippen LogP contribution is 2.21. The number of hydrogen-bond acceptors (Lipinski definition) is 5. The Hall–Kier alpha value is -1.62. The fourth-order valence-corrected chi connectivity index (χ4v) is 1.02. The van der Waals surface area contributed by atoms with Crippen molar-refractivity contribution in [2.45, 2.75) is 0 Å². The zero-order chi connectivity index (χ0) is 9.10. The van der Waals surface area contributed by atoms with E-state index in [1.165, 1.54) is 0 Å². The largest absolute Gasteiger partial charge is 0.474 e. The number of hydrogen-bond donors (Lipinski definition) is 1. The number of nitrogens with zero attached hydrogens (tertiary/aromatic N) is 2. The molecule has 0 aliphatic rings. The average Bonchev–Trinajstić information content (AvgIpc) is 2.58. The normalized spacial score (nSPS) is 10.5. The first-order valence-corrected chi connectivity index (χ1v) is 3.95. The summed E-state index contributed by atoms with van der Waals surface area (Å²) < 4.78 is 10.2. The van der Waals surface area contributed by atoms with E-state index < -0.39 is 0 Å². The Labute approximate surface area is 74.5 Å². The quantitative estimate of drug-likeness (QED) is 0.745. The van der Waals surface area contributed by atoms with E-state index in [4.69, 9.17) is 15.0 Å². The average molecular weight is 179 g/mol. The van der Waals surface area contributed by atoms with Crippen molar-refractivity contribution in [2.24, 2.45) is 5.73 Å². The van der Waals surface area contributed by atoms with Crippen molar-refractivity contribution in [1.29, 1.82) is 0 Å². The van der Waals surface area contributed by atoms with Crippen LogP contribution in [0.4, 0.5) is 0 Å². The smallest absolute Gasteiger partial charge is 0.263 e. The van der Waals surface area contributed by atoms with E-state index in [0.717, 1.165) is 5.39 Å². The second kappa shape index (κ2) is 3.40. The molecule has 0 aromatic carbocycles. The molecule has 2 heterocycles. The highest BCUT2D eigenvalue weighted by Gasteiger charge is 2.08. The molecule has 0 aliphatic heterocycles. The van der Waals surface area contributed by atoms with Crippen LogP contribution in [0.25, 0.3) is 11.1 Å². The van der Waals surface area contributed by atoms with E-state index in [2.05, 4.69) is 10.1 Å². The van der Waals surface area contributed by atoms with Crippen LogP contribution in [0, 0.1) is 0 Å². The summed E-state index contributed by atoms with van der Waals surface area (Å²) >= 11 is 0. The number of fused-ring (bicyclic) bond motifs is 1. The summed E-state index contributed by atoms with van der Waals surface area (Å²) in [5.41, 5.74) is 5.77. The summed E-state index contributed by atoms with van der Waals surface area (Å²) in [6, 6.07) is 3.64. The third-order valence-corrected chi connectivity index (χ3v) is 1.57. The molecule has 0 fully saturated rings. The summed E-state index contributed by atoms with van der Waals surface area (Å²) in [4.78, 5) is 3.97. The van der Waals surface area contributed by atoms with E-state index >= 15 is 0 Å². The highest BCUT2D eigenvalue weighted by molar-refractivity contribution is 5.78. The summed E-state index contributed by atoms with van der Waals surface area (Å²) in [6.45, 7) is 0.880. The van der Waals surface area contributed by atoms with Gasteiger partial charge in [-0.3, -0.25) is 0 Å². The Morgan fingerprint density at radius 1 is 1.54 bits per heavy atom. The summed E-state index contributed by atoms with van der Waals surface area (Å²) in [5, 5.41) is 4.49. The molecule has 5 nitrogen and oxygen atoms in total. The van der Waals surface area contributed by atoms with E-state index in [0.29, 0.717) is 24.7 Å². The lowest BCUT2D eigenvalue weighted by molar-refractivity contribution is 0.292. The van der Waals surface area contributed by atoms with Gasteiger partial charge in [-0.25, -0.2) is 4.98 Å².